The lowest BCUT2D eigenvalue weighted by molar-refractivity contribution is 0.319. The minimum Gasteiger partial charge on any atom is -0.395 e. The van der Waals surface area contributed by atoms with Gasteiger partial charge in [0.05, 0.1) is 43.7 Å². The standard InChI is InChI=1S/C19H18N6O9S4/c1-10-17(22-23-19-21-13-4-2-11(9-15(13)35-19)36(27,28)7-6-26)18(20)25(24-10)14-8-12(37(29,30)31)3-5-16(14)38(32,33)34/h2-5,8-9,26H,6-7,20H2,1H3,(H,29,30,31)(H,32,33,34). The van der Waals surface area contributed by atoms with E-state index in [4.69, 9.17) is 10.8 Å². The Morgan fingerprint density at radius 2 is 1.66 bits per heavy atom. The van der Waals surface area contributed by atoms with E-state index in [1.807, 2.05) is 0 Å². The van der Waals surface area contributed by atoms with Gasteiger partial charge in [-0.05, 0) is 43.3 Å². The number of hydrogen-bond acceptors (Lipinski definition) is 13. The molecule has 4 rings (SSSR count). The van der Waals surface area contributed by atoms with Crippen LogP contribution in [0.4, 0.5) is 16.6 Å². The van der Waals surface area contributed by atoms with E-state index < -0.39 is 57.9 Å². The first-order valence-corrected chi connectivity index (χ1v) is 15.6. The number of rotatable bonds is 8. The second kappa shape index (κ2) is 9.76. The summed E-state index contributed by atoms with van der Waals surface area (Å²) in [6.45, 7) is 0.931. The quantitative estimate of drug-likeness (QED) is 0.167. The normalized spacial score (nSPS) is 13.1. The predicted molar refractivity (Wildman–Crippen MR) is 135 cm³/mol. The van der Waals surface area contributed by atoms with Crippen molar-refractivity contribution in [3.8, 4) is 5.69 Å². The number of benzene rings is 2. The molecule has 0 radical (unpaired) electrons. The SMILES string of the molecule is Cc1nn(-c2cc(S(=O)(=O)O)ccc2S(=O)(=O)O)c(N)c1N=Nc1nc2ccc(S(=O)(=O)CCO)cc2s1. The third-order valence-corrected chi connectivity index (χ3v) is 9.45. The number of aromatic nitrogens is 3. The summed E-state index contributed by atoms with van der Waals surface area (Å²) >= 11 is 1.02. The zero-order chi connectivity index (χ0) is 28.0. The number of fused-ring (bicyclic) bond motifs is 1. The third-order valence-electron chi connectivity index (χ3n) is 5.10. The Bertz CT molecular complexity index is 1930. The highest BCUT2D eigenvalue weighted by Gasteiger charge is 2.24. The van der Waals surface area contributed by atoms with Gasteiger partial charge in [-0.15, -0.1) is 10.2 Å². The molecule has 2 aromatic carbocycles. The van der Waals surface area contributed by atoms with Crippen LogP contribution in [0.25, 0.3) is 15.9 Å². The topological polar surface area (TPSA) is 245 Å². The van der Waals surface area contributed by atoms with Crippen LogP contribution in [-0.4, -0.2) is 66.6 Å². The molecule has 38 heavy (non-hydrogen) atoms. The van der Waals surface area contributed by atoms with Crippen molar-refractivity contribution in [3.05, 3.63) is 42.1 Å². The minimum atomic E-state index is -4.86. The Labute approximate surface area is 219 Å². The maximum Gasteiger partial charge on any atom is 0.296 e. The first-order valence-electron chi connectivity index (χ1n) is 10.2. The second-order valence-corrected chi connectivity index (χ2v) is 13.6. The average Bonchev–Trinajstić information content (AvgIpc) is 3.35. The molecule has 0 aliphatic rings. The summed E-state index contributed by atoms with van der Waals surface area (Å²) in [5, 5.41) is 21.2. The summed E-state index contributed by atoms with van der Waals surface area (Å²) < 4.78 is 91.6. The lowest BCUT2D eigenvalue weighted by Crippen LogP contribution is -2.11. The van der Waals surface area contributed by atoms with E-state index in [0.29, 0.717) is 10.2 Å². The van der Waals surface area contributed by atoms with Gasteiger partial charge in [-0.2, -0.15) is 21.9 Å². The van der Waals surface area contributed by atoms with Crippen molar-refractivity contribution in [2.24, 2.45) is 10.2 Å². The number of hydrogen-bond donors (Lipinski definition) is 4. The minimum absolute atomic E-state index is 0.00863. The Kier molecular flexibility index (Phi) is 7.12. The van der Waals surface area contributed by atoms with Crippen LogP contribution < -0.4 is 5.73 Å². The lowest BCUT2D eigenvalue weighted by atomic mass is 10.3. The summed E-state index contributed by atoms with van der Waals surface area (Å²) in [6.07, 6.45) is 0. The Morgan fingerprint density at radius 3 is 2.29 bits per heavy atom. The van der Waals surface area contributed by atoms with Crippen LogP contribution >= 0.6 is 11.3 Å². The molecule has 0 unspecified atom stereocenters. The highest BCUT2D eigenvalue weighted by Crippen LogP contribution is 2.35. The van der Waals surface area contributed by atoms with Crippen LogP contribution in [0, 0.1) is 6.92 Å². The summed E-state index contributed by atoms with van der Waals surface area (Å²) in [5.41, 5.74) is 6.17. The van der Waals surface area contributed by atoms with E-state index in [9.17, 15) is 34.4 Å². The lowest BCUT2D eigenvalue weighted by Gasteiger charge is -2.10. The molecule has 5 N–H and O–H groups in total. The molecule has 0 spiro atoms. The molecule has 0 atom stereocenters. The van der Waals surface area contributed by atoms with Gasteiger partial charge in [0.1, 0.15) is 4.90 Å². The van der Waals surface area contributed by atoms with Crippen LogP contribution in [0.1, 0.15) is 5.69 Å². The van der Waals surface area contributed by atoms with Crippen molar-refractivity contribution in [1.82, 2.24) is 14.8 Å². The zero-order valence-corrected chi connectivity index (χ0v) is 22.4. The van der Waals surface area contributed by atoms with Gasteiger partial charge >= 0.3 is 0 Å². The second-order valence-electron chi connectivity index (χ2n) is 7.68. The summed E-state index contributed by atoms with van der Waals surface area (Å²) in [5.74, 6) is -0.707. The molecular weight excluding hydrogens is 585 g/mol. The summed E-state index contributed by atoms with van der Waals surface area (Å²) in [7, 11) is -13.3. The first kappa shape index (κ1) is 27.7. The van der Waals surface area contributed by atoms with E-state index in [1.165, 1.54) is 25.1 Å². The first-order chi connectivity index (χ1) is 17.6. The molecule has 0 aliphatic heterocycles. The number of azo groups is 1. The van der Waals surface area contributed by atoms with Crippen LogP contribution in [-0.2, 0) is 30.1 Å². The molecule has 0 aliphatic carbocycles. The Hall–Kier alpha value is -3.33. The fourth-order valence-corrected chi connectivity index (χ4v) is 6.45. The van der Waals surface area contributed by atoms with E-state index in [0.717, 1.165) is 34.2 Å². The van der Waals surface area contributed by atoms with Crippen molar-refractivity contribution < 1.29 is 39.5 Å². The number of sulfone groups is 1. The number of nitrogens with two attached hydrogens (primary N) is 1. The van der Waals surface area contributed by atoms with E-state index in [2.05, 4.69) is 20.3 Å². The fraction of sp³-hybridized carbons (Fsp3) is 0.158. The van der Waals surface area contributed by atoms with Gasteiger partial charge < -0.3 is 10.8 Å². The molecule has 2 heterocycles. The van der Waals surface area contributed by atoms with E-state index >= 15 is 0 Å². The van der Waals surface area contributed by atoms with Crippen molar-refractivity contribution in [1.29, 1.82) is 0 Å². The third kappa shape index (κ3) is 5.43. The largest absolute Gasteiger partial charge is 0.395 e. The maximum atomic E-state index is 12.2. The van der Waals surface area contributed by atoms with Crippen LogP contribution in [0.3, 0.4) is 0 Å². The van der Waals surface area contributed by atoms with Crippen molar-refractivity contribution >= 4 is 68.3 Å². The van der Waals surface area contributed by atoms with Gasteiger partial charge in [-0.25, -0.2) is 18.1 Å². The van der Waals surface area contributed by atoms with E-state index in [-0.39, 0.29) is 27.2 Å². The van der Waals surface area contributed by atoms with Gasteiger partial charge in [-0.1, -0.05) is 11.3 Å². The fourth-order valence-electron chi connectivity index (χ4n) is 3.35. The number of aryl methyl sites for hydroxylation is 1. The molecular formula is C19H18N6O9S4. The molecule has 19 heteroatoms. The monoisotopic (exact) mass is 602 g/mol. The highest BCUT2D eigenvalue weighted by molar-refractivity contribution is 7.91. The van der Waals surface area contributed by atoms with Gasteiger partial charge in [0.25, 0.3) is 20.2 Å². The van der Waals surface area contributed by atoms with Gasteiger partial charge in [0, 0.05) is 0 Å². The maximum absolute atomic E-state index is 12.2. The van der Waals surface area contributed by atoms with Crippen molar-refractivity contribution in [3.63, 3.8) is 0 Å². The Morgan fingerprint density at radius 1 is 0.974 bits per heavy atom. The average molecular weight is 603 g/mol. The molecule has 2 aromatic heterocycles. The molecule has 0 saturated carbocycles. The number of aliphatic hydroxyl groups is 1. The predicted octanol–water partition coefficient (Wildman–Crippen LogP) is 2.05. The van der Waals surface area contributed by atoms with Crippen molar-refractivity contribution in [2.45, 2.75) is 21.6 Å². The summed E-state index contributed by atoms with van der Waals surface area (Å²) in [6, 6.07) is 6.54. The van der Waals surface area contributed by atoms with Crippen LogP contribution in [0.2, 0.25) is 0 Å². The van der Waals surface area contributed by atoms with Gasteiger partial charge in [-0.3, -0.25) is 9.11 Å². The number of nitrogen functional groups attached to an aromatic ring is 1. The Balaban J connectivity index is 1.76. The number of nitrogens with zero attached hydrogens (tertiary/aromatic N) is 5. The molecule has 4 aromatic rings. The number of thiazole rings is 1. The smallest absolute Gasteiger partial charge is 0.296 e. The zero-order valence-electron chi connectivity index (χ0n) is 19.1. The van der Waals surface area contributed by atoms with Crippen molar-refractivity contribution in [2.75, 3.05) is 18.1 Å². The van der Waals surface area contributed by atoms with Gasteiger partial charge in [0.15, 0.2) is 21.3 Å². The van der Waals surface area contributed by atoms with E-state index in [1.54, 1.807) is 0 Å². The molecule has 0 saturated heterocycles. The molecule has 202 valence electrons. The molecule has 0 bridgehead atoms. The van der Waals surface area contributed by atoms with Crippen LogP contribution in [0.15, 0.2) is 61.3 Å². The highest BCUT2D eigenvalue weighted by atomic mass is 32.2. The molecule has 0 amide bonds. The molecule has 15 nitrogen and oxygen atoms in total. The summed E-state index contributed by atoms with van der Waals surface area (Å²) in [4.78, 5) is 2.84. The number of anilines is 1. The van der Waals surface area contributed by atoms with Gasteiger partial charge in [0.2, 0.25) is 5.13 Å². The molecule has 0 fully saturated rings. The number of aliphatic hydroxyl groups excluding tert-OH is 1. The van der Waals surface area contributed by atoms with Crippen LogP contribution in [0.5, 0.6) is 0 Å².